The molecule has 0 fully saturated rings. The van der Waals surface area contributed by atoms with Crippen molar-refractivity contribution in [3.8, 4) is 0 Å². The Bertz CT molecular complexity index is 38.5. The summed E-state index contributed by atoms with van der Waals surface area (Å²) >= 11 is 0. The Balaban J connectivity index is -0.000000125. The second-order valence-electron chi connectivity index (χ2n) is 1.06. The quantitative estimate of drug-likeness (QED) is 0.252. The molecule has 0 unspecified atom stereocenters. The van der Waals surface area contributed by atoms with Gasteiger partial charge in [-0.15, -0.1) is 0 Å². The Morgan fingerprint density at radius 2 is 2.00 bits per heavy atom. The van der Waals surface area contributed by atoms with Crippen LogP contribution in [0.3, 0.4) is 0 Å². The van der Waals surface area contributed by atoms with Gasteiger partial charge in [0.05, 0.1) is 0 Å². The van der Waals surface area contributed by atoms with Crippen LogP contribution in [0.15, 0.2) is 0 Å². The van der Waals surface area contributed by atoms with Crippen molar-refractivity contribution < 1.29 is 41.2 Å². The normalized spacial score (nSPS) is 8.57. The van der Waals surface area contributed by atoms with Gasteiger partial charge in [0.15, 0.2) is 6.29 Å². The molecule has 0 aliphatic carbocycles. The van der Waals surface area contributed by atoms with Crippen LogP contribution in [-0.2, 0) is 0 Å². The molecule has 3 nitrogen and oxygen atoms in total. The standard InChI is InChI=1S/C3H9NO2.Na.H/c4-2-1-3(5)6;;/h3,5-6H,1-2,4H2;;/q;+1;-1. The number of nitrogens with two attached hydrogens (primary N) is 1. The zero-order valence-corrected chi connectivity index (χ0v) is 6.46. The van der Waals surface area contributed by atoms with E-state index in [2.05, 4.69) is 0 Å². The van der Waals surface area contributed by atoms with Crippen molar-refractivity contribution in [3.05, 3.63) is 0 Å². The van der Waals surface area contributed by atoms with E-state index in [4.69, 9.17) is 15.9 Å². The van der Waals surface area contributed by atoms with Gasteiger partial charge in [-0.25, -0.2) is 0 Å². The maximum Gasteiger partial charge on any atom is 1.00 e. The monoisotopic (exact) mass is 115 g/mol. The minimum atomic E-state index is -1.23. The summed E-state index contributed by atoms with van der Waals surface area (Å²) in [6.45, 7) is 0.331. The maximum atomic E-state index is 8.03. The Morgan fingerprint density at radius 3 is 2.00 bits per heavy atom. The second-order valence-corrected chi connectivity index (χ2v) is 1.06. The third-order valence-corrected chi connectivity index (χ3v) is 0.425. The fourth-order valence-electron chi connectivity index (χ4n) is 0.149. The summed E-state index contributed by atoms with van der Waals surface area (Å²) in [5.74, 6) is 0. The minimum absolute atomic E-state index is 0. The SMILES string of the molecule is NCCC(O)O.[H-].[Na+]. The van der Waals surface area contributed by atoms with E-state index in [1.165, 1.54) is 0 Å². The van der Waals surface area contributed by atoms with E-state index in [1.807, 2.05) is 0 Å². The Labute approximate surface area is 66.3 Å². The topological polar surface area (TPSA) is 66.5 Å². The van der Waals surface area contributed by atoms with Gasteiger partial charge in [0.25, 0.3) is 0 Å². The molecule has 4 N–H and O–H groups in total. The van der Waals surface area contributed by atoms with E-state index in [1.54, 1.807) is 0 Å². The third kappa shape index (κ3) is 10.9. The van der Waals surface area contributed by atoms with Crippen molar-refractivity contribution in [1.29, 1.82) is 0 Å². The summed E-state index contributed by atoms with van der Waals surface area (Å²) in [5, 5.41) is 16.1. The van der Waals surface area contributed by atoms with Crippen LogP contribution in [-0.4, -0.2) is 23.0 Å². The van der Waals surface area contributed by atoms with E-state index in [0.717, 1.165) is 0 Å². The predicted molar refractivity (Wildman–Crippen MR) is 23.0 cm³/mol. The van der Waals surface area contributed by atoms with Crippen molar-refractivity contribution >= 4 is 0 Å². The molecule has 0 atom stereocenters. The van der Waals surface area contributed by atoms with E-state index < -0.39 is 6.29 Å². The molecule has 0 spiro atoms. The van der Waals surface area contributed by atoms with Gasteiger partial charge in [-0.2, -0.15) is 0 Å². The molecule has 0 saturated carbocycles. The molecular weight excluding hydrogens is 105 g/mol. The largest absolute Gasteiger partial charge is 1.00 e. The number of hydrogen-bond acceptors (Lipinski definition) is 3. The zero-order chi connectivity index (χ0) is 4.99. The van der Waals surface area contributed by atoms with Crippen LogP contribution >= 0.6 is 0 Å². The molecule has 7 heavy (non-hydrogen) atoms. The van der Waals surface area contributed by atoms with E-state index in [9.17, 15) is 0 Å². The molecule has 0 aromatic rings. The van der Waals surface area contributed by atoms with Crippen LogP contribution in [0, 0.1) is 0 Å². The summed E-state index contributed by atoms with van der Waals surface area (Å²) in [6.07, 6.45) is -0.963. The molecule has 4 heteroatoms. The maximum absolute atomic E-state index is 8.03. The van der Waals surface area contributed by atoms with Crippen LogP contribution < -0.4 is 35.3 Å². The second kappa shape index (κ2) is 6.88. The molecule has 0 amide bonds. The van der Waals surface area contributed by atoms with Gasteiger partial charge in [-0.3, -0.25) is 0 Å². The third-order valence-electron chi connectivity index (χ3n) is 0.425. The van der Waals surface area contributed by atoms with Crippen molar-refractivity contribution in [2.24, 2.45) is 5.73 Å². The first-order valence-electron chi connectivity index (χ1n) is 1.83. The molecule has 0 heterocycles. The molecule has 0 bridgehead atoms. The summed E-state index contributed by atoms with van der Waals surface area (Å²) < 4.78 is 0. The van der Waals surface area contributed by atoms with Crippen molar-refractivity contribution in [2.75, 3.05) is 6.54 Å². The molecule has 0 aromatic carbocycles. The molecule has 0 aromatic heterocycles. The zero-order valence-electron chi connectivity index (χ0n) is 5.46. The first-order valence-corrected chi connectivity index (χ1v) is 1.83. The van der Waals surface area contributed by atoms with Gasteiger partial charge < -0.3 is 17.4 Å². The van der Waals surface area contributed by atoms with Crippen molar-refractivity contribution in [3.63, 3.8) is 0 Å². The molecular formula is C3H10NNaO2. The first-order chi connectivity index (χ1) is 2.77. The average molecular weight is 115 g/mol. The summed E-state index contributed by atoms with van der Waals surface area (Å²) in [7, 11) is 0. The number of hydrogen-bond donors (Lipinski definition) is 3. The van der Waals surface area contributed by atoms with Crippen LogP contribution in [0.2, 0.25) is 0 Å². The average Bonchev–Trinajstić information content (AvgIpc) is 1.35. The minimum Gasteiger partial charge on any atom is -1.00 e. The van der Waals surface area contributed by atoms with Gasteiger partial charge in [0.2, 0.25) is 0 Å². The van der Waals surface area contributed by atoms with E-state index >= 15 is 0 Å². The van der Waals surface area contributed by atoms with Gasteiger partial charge in [0, 0.05) is 6.42 Å². The summed E-state index contributed by atoms with van der Waals surface area (Å²) in [6, 6.07) is 0. The molecule has 0 saturated heterocycles. The van der Waals surface area contributed by atoms with E-state index in [-0.39, 0.29) is 37.4 Å². The number of aliphatic hydroxyl groups excluding tert-OH is 1. The molecule has 0 radical (unpaired) electrons. The van der Waals surface area contributed by atoms with Gasteiger partial charge in [0.1, 0.15) is 0 Å². The van der Waals surface area contributed by atoms with Crippen LogP contribution in [0.25, 0.3) is 0 Å². The van der Waals surface area contributed by atoms with Gasteiger partial charge in [-0.05, 0) is 6.54 Å². The molecule has 0 aliphatic heterocycles. The predicted octanol–water partition coefficient (Wildman–Crippen LogP) is -4.24. The molecule has 40 valence electrons. The number of aliphatic hydroxyl groups is 2. The van der Waals surface area contributed by atoms with Crippen molar-refractivity contribution in [1.82, 2.24) is 0 Å². The Kier molecular flexibility index (Phi) is 10.6. The first kappa shape index (κ1) is 10.8. The summed E-state index contributed by atoms with van der Waals surface area (Å²) in [4.78, 5) is 0. The van der Waals surface area contributed by atoms with Crippen LogP contribution in [0.4, 0.5) is 0 Å². The molecule has 0 aliphatic rings. The molecule has 0 rings (SSSR count). The smallest absolute Gasteiger partial charge is 1.00 e. The summed E-state index contributed by atoms with van der Waals surface area (Å²) in [5.41, 5.74) is 4.91. The van der Waals surface area contributed by atoms with Crippen LogP contribution in [0.1, 0.15) is 7.85 Å². The fraction of sp³-hybridized carbons (Fsp3) is 1.00. The van der Waals surface area contributed by atoms with Gasteiger partial charge >= 0.3 is 29.6 Å². The Morgan fingerprint density at radius 1 is 1.57 bits per heavy atom. The van der Waals surface area contributed by atoms with Crippen molar-refractivity contribution in [2.45, 2.75) is 12.7 Å². The fourth-order valence-corrected chi connectivity index (χ4v) is 0.149. The number of rotatable bonds is 2. The van der Waals surface area contributed by atoms with Gasteiger partial charge in [-0.1, -0.05) is 0 Å². The van der Waals surface area contributed by atoms with Crippen LogP contribution in [0.5, 0.6) is 0 Å². The Hall–Kier alpha value is 0.880. The van der Waals surface area contributed by atoms with E-state index in [0.29, 0.717) is 6.54 Å².